The van der Waals surface area contributed by atoms with Gasteiger partial charge in [0.15, 0.2) is 12.4 Å². The number of carboxylic acids is 1. The van der Waals surface area contributed by atoms with Crippen molar-refractivity contribution in [2.75, 3.05) is 47.5 Å². The Labute approximate surface area is 584 Å². The zero-order valence-electron chi connectivity index (χ0n) is 61.5. The topological polar surface area (TPSA) is 111 Å². The zero-order chi connectivity index (χ0) is 69.0. The average Bonchev–Trinajstić information content (AvgIpc) is 2.92. The molecule has 0 bridgehead atoms. The summed E-state index contributed by atoms with van der Waals surface area (Å²) in [6.07, 6.45) is 109. The molecule has 95 heavy (non-hydrogen) atoms. The van der Waals surface area contributed by atoms with Crippen LogP contribution in [-0.2, 0) is 33.3 Å². The van der Waals surface area contributed by atoms with Crippen molar-refractivity contribution in [1.82, 2.24) is 0 Å². The second kappa shape index (κ2) is 74.4. The lowest BCUT2D eigenvalue weighted by Crippen LogP contribution is -2.44. The number of quaternary nitrogens is 1. The number of esters is 2. The molecule has 0 aromatic heterocycles. The molecule has 0 saturated heterocycles. The summed E-state index contributed by atoms with van der Waals surface area (Å²) in [5, 5.41) is 11.9. The van der Waals surface area contributed by atoms with Gasteiger partial charge in [0.25, 0.3) is 0 Å². The molecular weight excluding hydrogens is 1170 g/mol. The summed E-state index contributed by atoms with van der Waals surface area (Å²) in [5.41, 5.74) is 0. The SMILES string of the molecule is CC/C=C\C/C=C\C/C=C\C/C=C\C/C=C\C/C=C\C/C=C\C/C=C\CCCCCCCCCCCCCCCCC(=O)OC(COC(=O)CCCCCCCCCCCCCC/C=C\C/C=C\C/C=C\C/C=C\C/C=C\C/C=C\CC)COC(OCC[N+](C)(C)C)C(=O)[O-]. The third kappa shape index (κ3) is 75.9. The molecule has 0 aliphatic heterocycles. The van der Waals surface area contributed by atoms with Crippen molar-refractivity contribution in [2.45, 2.75) is 309 Å². The number of hydrogen-bond acceptors (Lipinski definition) is 8. The first kappa shape index (κ1) is 89.6. The Balaban J connectivity index is 4.11. The fourth-order valence-corrected chi connectivity index (χ4v) is 10.2. The van der Waals surface area contributed by atoms with Gasteiger partial charge in [-0.05, 0) is 128 Å². The Bertz CT molecular complexity index is 2170. The van der Waals surface area contributed by atoms with Crippen molar-refractivity contribution >= 4 is 17.9 Å². The van der Waals surface area contributed by atoms with Gasteiger partial charge in [-0.15, -0.1) is 0 Å². The van der Waals surface area contributed by atoms with E-state index in [1.807, 2.05) is 21.1 Å². The Morgan fingerprint density at radius 1 is 0.316 bits per heavy atom. The summed E-state index contributed by atoms with van der Waals surface area (Å²) in [5.74, 6) is -2.29. The van der Waals surface area contributed by atoms with Crippen LogP contribution in [0.5, 0.6) is 0 Å². The highest BCUT2D eigenvalue weighted by molar-refractivity contribution is 5.70. The first-order valence-corrected chi connectivity index (χ1v) is 38.3. The molecule has 0 saturated carbocycles. The van der Waals surface area contributed by atoms with Gasteiger partial charge >= 0.3 is 11.9 Å². The molecular formula is C86H141NO8. The van der Waals surface area contributed by atoms with E-state index < -0.39 is 24.3 Å². The van der Waals surface area contributed by atoms with Crippen LogP contribution in [0.25, 0.3) is 0 Å². The van der Waals surface area contributed by atoms with Gasteiger partial charge in [0, 0.05) is 12.8 Å². The van der Waals surface area contributed by atoms with E-state index in [0.717, 1.165) is 128 Å². The van der Waals surface area contributed by atoms with Gasteiger partial charge < -0.3 is 33.3 Å². The van der Waals surface area contributed by atoms with Gasteiger partial charge in [-0.2, -0.15) is 0 Å². The third-order valence-corrected chi connectivity index (χ3v) is 16.0. The van der Waals surface area contributed by atoms with Crippen molar-refractivity contribution in [3.8, 4) is 0 Å². The summed E-state index contributed by atoms with van der Waals surface area (Å²) >= 11 is 0. The molecule has 0 N–H and O–H groups in total. The van der Waals surface area contributed by atoms with Crippen molar-refractivity contribution in [2.24, 2.45) is 0 Å². The van der Waals surface area contributed by atoms with Crippen LogP contribution >= 0.6 is 0 Å². The highest BCUT2D eigenvalue weighted by Gasteiger charge is 2.22. The molecule has 0 radical (unpaired) electrons. The second-order valence-corrected chi connectivity index (χ2v) is 26.2. The van der Waals surface area contributed by atoms with E-state index in [9.17, 15) is 19.5 Å². The van der Waals surface area contributed by atoms with E-state index in [0.29, 0.717) is 17.4 Å². The summed E-state index contributed by atoms with van der Waals surface area (Å²) in [6, 6.07) is 0. The third-order valence-electron chi connectivity index (χ3n) is 16.0. The Morgan fingerprint density at radius 3 is 0.842 bits per heavy atom. The maximum absolute atomic E-state index is 13.0. The first-order chi connectivity index (χ1) is 46.6. The summed E-state index contributed by atoms with van der Waals surface area (Å²) < 4.78 is 22.8. The monoisotopic (exact) mass is 1320 g/mol. The van der Waals surface area contributed by atoms with Crippen molar-refractivity contribution in [3.63, 3.8) is 0 Å². The minimum absolute atomic E-state index is 0.141. The molecule has 2 atom stereocenters. The lowest BCUT2D eigenvalue weighted by molar-refractivity contribution is -0.870. The van der Waals surface area contributed by atoms with Gasteiger partial charge in [0.1, 0.15) is 13.2 Å². The normalized spacial score (nSPS) is 13.7. The van der Waals surface area contributed by atoms with Crippen molar-refractivity contribution < 1.29 is 42.9 Å². The quantitative estimate of drug-likeness (QED) is 0.0195. The molecule has 0 aromatic carbocycles. The molecule has 9 heteroatoms. The van der Waals surface area contributed by atoms with Crippen LogP contribution in [0, 0.1) is 0 Å². The fraction of sp³-hybridized carbons (Fsp3) is 0.640. The van der Waals surface area contributed by atoms with Crippen molar-refractivity contribution in [3.05, 3.63) is 170 Å². The van der Waals surface area contributed by atoms with Crippen molar-refractivity contribution in [1.29, 1.82) is 0 Å². The number of carbonyl (C=O) groups excluding carboxylic acids is 3. The van der Waals surface area contributed by atoms with Gasteiger partial charge in [-0.1, -0.05) is 325 Å². The van der Waals surface area contributed by atoms with Crippen LogP contribution in [0.1, 0.15) is 296 Å². The number of nitrogens with zero attached hydrogens (tertiary/aromatic N) is 1. The fourth-order valence-electron chi connectivity index (χ4n) is 10.2. The lowest BCUT2D eigenvalue weighted by atomic mass is 10.0. The smallest absolute Gasteiger partial charge is 0.306 e. The maximum Gasteiger partial charge on any atom is 0.306 e. The Kier molecular flexibility index (Phi) is 70.2. The number of carboxylic acid groups (broad SMARTS) is 1. The number of unbranched alkanes of at least 4 members (excludes halogenated alkanes) is 26. The molecule has 2 unspecified atom stereocenters. The van der Waals surface area contributed by atoms with Gasteiger partial charge in [-0.25, -0.2) is 0 Å². The maximum atomic E-state index is 13.0. The average molecular weight is 1320 g/mol. The van der Waals surface area contributed by atoms with Crippen LogP contribution < -0.4 is 5.11 Å². The lowest BCUT2D eigenvalue weighted by Gasteiger charge is -2.26. The Morgan fingerprint density at radius 2 is 0.568 bits per heavy atom. The van der Waals surface area contributed by atoms with E-state index >= 15 is 0 Å². The number of rotatable bonds is 69. The zero-order valence-corrected chi connectivity index (χ0v) is 61.5. The molecule has 0 fully saturated rings. The largest absolute Gasteiger partial charge is 0.545 e. The van der Waals surface area contributed by atoms with E-state index in [1.54, 1.807) is 0 Å². The number of likely N-dealkylation sites (N-methyl/N-ethyl adjacent to an activating group) is 1. The standard InChI is InChI=1S/C86H141NO8/c1-6-8-10-12-14-16-18-20-22-24-26-28-30-32-34-36-38-39-40-41-42-43-44-45-47-49-51-53-55-57-59-61-63-65-67-69-71-73-75-77-84(89)95-82(81-94-86(85(90)91)92-79-78-87(3,4)5)80-93-83(88)76-74-72-70-68-66-64-62-60-58-56-54-52-50-48-46-37-35-33-31-29-27-25-23-21-19-17-15-13-11-9-7-2/h8-11,14-17,20-23,26-29,32-35,38-39,41-42,44-46,48,82,86H,6-7,12-13,18-19,24-25,30-31,36-37,40,43,47,49-81H2,1-5H3/b10-8-,11-9-,16-14-,17-15-,22-20-,23-21-,28-26-,29-27-,34-32-,35-33-,39-38-,42-41-,45-44-,48-46-. The molecule has 0 amide bonds. The minimum atomic E-state index is -1.63. The van der Waals surface area contributed by atoms with E-state index in [-0.39, 0.29) is 38.6 Å². The highest BCUT2D eigenvalue weighted by atomic mass is 16.7. The Hall–Kier alpha value is -5.35. The number of carbonyl (C=O) groups is 3. The van der Waals surface area contributed by atoms with Crippen LogP contribution in [0.2, 0.25) is 0 Å². The van der Waals surface area contributed by atoms with Crippen LogP contribution in [0.3, 0.4) is 0 Å². The van der Waals surface area contributed by atoms with E-state index in [2.05, 4.69) is 184 Å². The molecule has 0 spiro atoms. The van der Waals surface area contributed by atoms with Gasteiger partial charge in [0.05, 0.1) is 40.3 Å². The van der Waals surface area contributed by atoms with Crippen LogP contribution in [0.4, 0.5) is 0 Å². The van der Waals surface area contributed by atoms with Gasteiger partial charge in [-0.3, -0.25) is 9.59 Å². The number of aliphatic carboxylic acids is 1. The van der Waals surface area contributed by atoms with Gasteiger partial charge in [0.2, 0.25) is 0 Å². The summed E-state index contributed by atoms with van der Waals surface area (Å²) in [7, 11) is 5.93. The molecule has 9 nitrogen and oxygen atoms in total. The molecule has 0 aliphatic carbocycles. The molecule has 0 rings (SSSR count). The minimum Gasteiger partial charge on any atom is -0.545 e. The van der Waals surface area contributed by atoms with E-state index in [4.69, 9.17) is 18.9 Å². The molecule has 538 valence electrons. The summed E-state index contributed by atoms with van der Waals surface area (Å²) in [4.78, 5) is 37.6. The first-order valence-electron chi connectivity index (χ1n) is 38.3. The molecule has 0 aliphatic rings. The number of allylic oxidation sites excluding steroid dienone is 28. The predicted octanol–water partition coefficient (Wildman–Crippen LogP) is 23.2. The summed E-state index contributed by atoms with van der Waals surface area (Å²) in [6.45, 7) is 4.52. The highest BCUT2D eigenvalue weighted by Crippen LogP contribution is 2.17. The molecule has 0 aromatic rings. The van der Waals surface area contributed by atoms with E-state index in [1.165, 1.54) is 135 Å². The number of hydrogen-bond donors (Lipinski definition) is 0. The second-order valence-electron chi connectivity index (χ2n) is 26.2. The van der Waals surface area contributed by atoms with Crippen LogP contribution in [-0.4, -0.2) is 82.3 Å². The van der Waals surface area contributed by atoms with Crippen LogP contribution in [0.15, 0.2) is 170 Å². The predicted molar refractivity (Wildman–Crippen MR) is 407 cm³/mol. The molecule has 0 heterocycles. The number of ether oxygens (including phenoxy) is 4.